The number of hydrogen-bond acceptors (Lipinski definition) is 4. The fraction of sp³-hybridized carbons (Fsp3) is 0.667. The number of carboxylic acids is 1. The third-order valence-electron chi connectivity index (χ3n) is 3.00. The fourth-order valence-electron chi connectivity index (χ4n) is 1.99. The van der Waals surface area contributed by atoms with Crippen LogP contribution < -0.4 is 0 Å². The Morgan fingerprint density at radius 3 is 2.94 bits per heavy atom. The number of aliphatic carboxylic acids is 1. The number of carboxylic acid groups (broad SMARTS) is 1. The van der Waals surface area contributed by atoms with Crippen molar-refractivity contribution in [2.45, 2.75) is 32.1 Å². The van der Waals surface area contributed by atoms with E-state index >= 15 is 0 Å². The number of hydrogen-bond donors (Lipinski definition) is 1. The second kappa shape index (κ2) is 5.82. The van der Waals surface area contributed by atoms with Gasteiger partial charge in [0.25, 0.3) is 0 Å². The maximum atomic E-state index is 10.4. The lowest BCUT2D eigenvalue weighted by molar-refractivity contribution is -0.136. The van der Waals surface area contributed by atoms with Gasteiger partial charge in [-0.3, -0.25) is 4.79 Å². The van der Waals surface area contributed by atoms with Crippen molar-refractivity contribution in [1.29, 1.82) is 0 Å². The van der Waals surface area contributed by atoms with Crippen LogP contribution in [0.1, 0.15) is 30.8 Å². The average Bonchev–Trinajstić information content (AvgIpc) is 2.75. The molecule has 1 saturated heterocycles. The van der Waals surface area contributed by atoms with Gasteiger partial charge >= 0.3 is 5.97 Å². The van der Waals surface area contributed by atoms with E-state index in [2.05, 4.69) is 4.98 Å². The molecule has 0 unspecified atom stereocenters. The van der Waals surface area contributed by atoms with Crippen LogP contribution in [0.5, 0.6) is 0 Å². The van der Waals surface area contributed by atoms with Crippen molar-refractivity contribution in [3.8, 4) is 0 Å². The maximum absolute atomic E-state index is 10.4. The number of rotatable bonds is 5. The lowest BCUT2D eigenvalue weighted by Crippen LogP contribution is -2.17. The Hall–Kier alpha value is -1.36. The summed E-state index contributed by atoms with van der Waals surface area (Å²) in [7, 11) is 0. The summed E-state index contributed by atoms with van der Waals surface area (Å²) in [5.74, 6) is 0.492. The van der Waals surface area contributed by atoms with Gasteiger partial charge in [-0.05, 0) is 18.8 Å². The standard InChI is InChI=1S/C12H17NO4/c14-12(15)2-1-10-8-17-11(13-10)7-9-3-5-16-6-4-9/h8-9H,1-7H2,(H,14,15). The first kappa shape index (κ1) is 12.1. The molecule has 0 bridgehead atoms. The highest BCUT2D eigenvalue weighted by Gasteiger charge is 2.17. The van der Waals surface area contributed by atoms with Gasteiger partial charge in [-0.25, -0.2) is 4.98 Å². The van der Waals surface area contributed by atoms with Crippen molar-refractivity contribution in [1.82, 2.24) is 4.98 Å². The van der Waals surface area contributed by atoms with Gasteiger partial charge < -0.3 is 14.3 Å². The minimum atomic E-state index is -0.807. The Labute approximate surface area is 99.8 Å². The van der Waals surface area contributed by atoms with Crippen molar-refractivity contribution in [3.63, 3.8) is 0 Å². The average molecular weight is 239 g/mol. The Morgan fingerprint density at radius 2 is 2.24 bits per heavy atom. The second-order valence-corrected chi connectivity index (χ2v) is 4.39. The Balaban J connectivity index is 1.82. The lowest BCUT2D eigenvalue weighted by Gasteiger charge is -2.20. The molecule has 1 N–H and O–H groups in total. The van der Waals surface area contributed by atoms with E-state index in [9.17, 15) is 4.79 Å². The van der Waals surface area contributed by atoms with E-state index in [1.807, 2.05) is 0 Å². The van der Waals surface area contributed by atoms with Crippen LogP contribution in [0.3, 0.4) is 0 Å². The zero-order chi connectivity index (χ0) is 12.1. The van der Waals surface area contributed by atoms with Crippen LogP contribution in [0.2, 0.25) is 0 Å². The molecule has 1 aromatic heterocycles. The van der Waals surface area contributed by atoms with Gasteiger partial charge in [0.15, 0.2) is 5.89 Å². The molecule has 0 amide bonds. The van der Waals surface area contributed by atoms with Crippen molar-refractivity contribution >= 4 is 5.97 Å². The van der Waals surface area contributed by atoms with Gasteiger partial charge in [-0.2, -0.15) is 0 Å². The SMILES string of the molecule is O=C(O)CCc1coc(CC2CCOCC2)n1. The second-order valence-electron chi connectivity index (χ2n) is 4.39. The van der Waals surface area contributed by atoms with Crippen LogP contribution in [0.4, 0.5) is 0 Å². The first-order valence-corrected chi connectivity index (χ1v) is 5.97. The predicted molar refractivity (Wildman–Crippen MR) is 59.7 cm³/mol. The van der Waals surface area contributed by atoms with Crippen LogP contribution in [0.15, 0.2) is 10.7 Å². The van der Waals surface area contributed by atoms with Crippen molar-refractivity contribution in [3.05, 3.63) is 17.8 Å². The first-order valence-electron chi connectivity index (χ1n) is 5.97. The van der Waals surface area contributed by atoms with Crippen molar-refractivity contribution in [2.75, 3.05) is 13.2 Å². The van der Waals surface area contributed by atoms with Crippen LogP contribution in [0.25, 0.3) is 0 Å². The summed E-state index contributed by atoms with van der Waals surface area (Å²) in [6.07, 6.45) is 5.03. The van der Waals surface area contributed by atoms with E-state index in [4.69, 9.17) is 14.3 Å². The normalized spacial score (nSPS) is 17.2. The number of aryl methyl sites for hydroxylation is 1. The molecule has 2 rings (SSSR count). The molecule has 2 heterocycles. The molecule has 1 aliphatic heterocycles. The van der Waals surface area contributed by atoms with E-state index in [-0.39, 0.29) is 6.42 Å². The summed E-state index contributed by atoms with van der Waals surface area (Å²) in [6.45, 7) is 1.63. The highest BCUT2D eigenvalue weighted by molar-refractivity contribution is 5.66. The number of oxazole rings is 1. The molecule has 17 heavy (non-hydrogen) atoms. The third kappa shape index (κ3) is 3.85. The zero-order valence-corrected chi connectivity index (χ0v) is 9.72. The third-order valence-corrected chi connectivity index (χ3v) is 3.00. The summed E-state index contributed by atoms with van der Waals surface area (Å²) in [6, 6.07) is 0. The molecule has 94 valence electrons. The predicted octanol–water partition coefficient (Wildman–Crippen LogP) is 1.66. The number of aromatic nitrogens is 1. The topological polar surface area (TPSA) is 72.6 Å². The van der Waals surface area contributed by atoms with Gasteiger partial charge in [-0.1, -0.05) is 0 Å². The number of nitrogens with zero attached hydrogens (tertiary/aromatic N) is 1. The molecule has 5 nitrogen and oxygen atoms in total. The zero-order valence-electron chi connectivity index (χ0n) is 9.72. The maximum Gasteiger partial charge on any atom is 0.303 e. The Kier molecular flexibility index (Phi) is 4.14. The van der Waals surface area contributed by atoms with Crippen LogP contribution in [-0.4, -0.2) is 29.3 Å². The van der Waals surface area contributed by atoms with E-state index < -0.39 is 5.97 Å². The fourth-order valence-corrected chi connectivity index (χ4v) is 1.99. The molecule has 0 radical (unpaired) electrons. The molecular formula is C12H17NO4. The van der Waals surface area contributed by atoms with Gasteiger partial charge in [0.1, 0.15) is 6.26 Å². The quantitative estimate of drug-likeness (QED) is 0.846. The van der Waals surface area contributed by atoms with Crippen molar-refractivity contribution < 1.29 is 19.1 Å². The monoisotopic (exact) mass is 239 g/mol. The molecule has 0 aliphatic carbocycles. The van der Waals surface area contributed by atoms with Gasteiger partial charge in [0, 0.05) is 26.1 Å². The van der Waals surface area contributed by atoms with Gasteiger partial charge in [0.2, 0.25) is 0 Å². The van der Waals surface area contributed by atoms with E-state index in [1.165, 1.54) is 0 Å². The van der Waals surface area contributed by atoms with E-state index in [0.29, 0.717) is 12.3 Å². The van der Waals surface area contributed by atoms with E-state index in [0.717, 1.165) is 44.1 Å². The summed E-state index contributed by atoms with van der Waals surface area (Å²) in [5, 5.41) is 8.57. The lowest BCUT2D eigenvalue weighted by atomic mass is 9.97. The highest BCUT2D eigenvalue weighted by atomic mass is 16.5. The van der Waals surface area contributed by atoms with Gasteiger partial charge in [0.05, 0.1) is 12.1 Å². The van der Waals surface area contributed by atoms with Crippen LogP contribution >= 0.6 is 0 Å². The Morgan fingerprint density at radius 1 is 1.47 bits per heavy atom. The largest absolute Gasteiger partial charge is 0.481 e. The smallest absolute Gasteiger partial charge is 0.303 e. The minimum absolute atomic E-state index is 0.100. The number of ether oxygens (including phenoxy) is 1. The molecular weight excluding hydrogens is 222 g/mol. The van der Waals surface area contributed by atoms with Gasteiger partial charge in [-0.15, -0.1) is 0 Å². The molecule has 5 heteroatoms. The van der Waals surface area contributed by atoms with Crippen molar-refractivity contribution in [2.24, 2.45) is 5.92 Å². The molecule has 1 fully saturated rings. The summed E-state index contributed by atoms with van der Waals surface area (Å²) in [4.78, 5) is 14.7. The molecule has 1 aliphatic rings. The summed E-state index contributed by atoms with van der Waals surface area (Å²) < 4.78 is 10.6. The van der Waals surface area contributed by atoms with E-state index in [1.54, 1.807) is 6.26 Å². The first-order chi connectivity index (χ1) is 8.24. The van der Waals surface area contributed by atoms with Crippen LogP contribution in [-0.2, 0) is 22.4 Å². The molecule has 0 atom stereocenters. The summed E-state index contributed by atoms with van der Waals surface area (Å²) >= 11 is 0. The molecule has 1 aromatic rings. The highest BCUT2D eigenvalue weighted by Crippen LogP contribution is 2.19. The molecule has 0 aromatic carbocycles. The summed E-state index contributed by atoms with van der Waals surface area (Å²) in [5.41, 5.74) is 0.731. The molecule has 0 saturated carbocycles. The number of carbonyl (C=O) groups is 1. The Bertz CT molecular complexity index is 368. The van der Waals surface area contributed by atoms with Crippen LogP contribution in [0, 0.1) is 5.92 Å². The minimum Gasteiger partial charge on any atom is -0.481 e. The molecule has 0 spiro atoms.